The molecule has 0 fully saturated rings. The summed E-state index contributed by atoms with van der Waals surface area (Å²) < 4.78 is 0. The Morgan fingerprint density at radius 3 is 2.29 bits per heavy atom. The molecular weight excluding hydrogens is 170 g/mol. The van der Waals surface area contributed by atoms with Crippen molar-refractivity contribution in [2.75, 3.05) is 0 Å². The molecule has 1 atom stereocenters. The van der Waals surface area contributed by atoms with Crippen LogP contribution in [0.4, 0.5) is 0 Å². The van der Waals surface area contributed by atoms with Crippen molar-refractivity contribution in [1.29, 1.82) is 0 Å². The van der Waals surface area contributed by atoms with E-state index in [0.717, 1.165) is 23.8 Å². The van der Waals surface area contributed by atoms with E-state index < -0.39 is 0 Å². The van der Waals surface area contributed by atoms with Crippen LogP contribution in [0.2, 0.25) is 0 Å². The molecule has 14 heavy (non-hydrogen) atoms. The number of hydrogen-bond donors (Lipinski definition) is 1. The Bertz CT molecular complexity index is 201. The van der Waals surface area contributed by atoms with E-state index in [1.807, 2.05) is 6.92 Å². The predicted molar refractivity (Wildman–Crippen MR) is 64.9 cm³/mol. The summed E-state index contributed by atoms with van der Waals surface area (Å²) in [5.41, 5.74) is 7.91. The lowest BCUT2D eigenvalue weighted by atomic mass is 9.87. The average Bonchev–Trinajstić information content (AvgIpc) is 2.10. The molecule has 0 saturated heterocycles. The molecule has 0 bridgehead atoms. The molecule has 0 heterocycles. The Kier molecular flexibility index (Phi) is 6.35. The Balaban J connectivity index is 4.22. The summed E-state index contributed by atoms with van der Waals surface area (Å²) in [5, 5.41) is 0. The molecule has 0 aromatic heterocycles. The molecule has 0 spiro atoms. The molecule has 0 rings (SSSR count). The van der Waals surface area contributed by atoms with Crippen molar-refractivity contribution in [2.45, 2.75) is 47.0 Å². The van der Waals surface area contributed by atoms with E-state index in [0.29, 0.717) is 0 Å². The van der Waals surface area contributed by atoms with Crippen LogP contribution in [-0.4, -0.2) is 0 Å². The maximum atomic E-state index is 5.58. The molecule has 0 saturated carbocycles. The van der Waals surface area contributed by atoms with Gasteiger partial charge in [0.05, 0.1) is 0 Å². The van der Waals surface area contributed by atoms with E-state index in [4.69, 9.17) is 5.73 Å². The van der Waals surface area contributed by atoms with E-state index >= 15 is 0 Å². The standard InChI is InChI=1S/C13H25N/c1-6-12(7-10(2)3)8-13(9-14)11(4)5/h9-10,12H,4,6-8,14H2,1-3,5H3/b13-9+. The number of allylic oxidation sites excluding steroid dienone is 2. The van der Waals surface area contributed by atoms with Gasteiger partial charge in [-0.25, -0.2) is 0 Å². The molecule has 1 heteroatoms. The van der Waals surface area contributed by atoms with E-state index in [9.17, 15) is 0 Å². The third-order valence-corrected chi connectivity index (χ3v) is 2.64. The molecule has 82 valence electrons. The lowest BCUT2D eigenvalue weighted by Crippen LogP contribution is -2.06. The number of rotatable bonds is 6. The third-order valence-electron chi connectivity index (χ3n) is 2.64. The van der Waals surface area contributed by atoms with Gasteiger partial charge < -0.3 is 5.73 Å². The molecule has 0 aromatic rings. The van der Waals surface area contributed by atoms with Crippen molar-refractivity contribution in [3.63, 3.8) is 0 Å². The van der Waals surface area contributed by atoms with Gasteiger partial charge in [0.15, 0.2) is 0 Å². The molecule has 0 amide bonds. The summed E-state index contributed by atoms with van der Waals surface area (Å²) >= 11 is 0. The first-order chi connectivity index (χ1) is 6.51. The monoisotopic (exact) mass is 195 g/mol. The minimum Gasteiger partial charge on any atom is -0.404 e. The largest absolute Gasteiger partial charge is 0.404 e. The smallest absolute Gasteiger partial charge is 0.00271 e. The van der Waals surface area contributed by atoms with Gasteiger partial charge in [0, 0.05) is 0 Å². The molecule has 0 aromatic carbocycles. The van der Waals surface area contributed by atoms with E-state index in [2.05, 4.69) is 27.4 Å². The second-order valence-corrected chi connectivity index (χ2v) is 4.58. The Morgan fingerprint density at radius 1 is 1.43 bits per heavy atom. The zero-order chi connectivity index (χ0) is 11.1. The van der Waals surface area contributed by atoms with E-state index in [1.165, 1.54) is 18.4 Å². The van der Waals surface area contributed by atoms with Crippen LogP contribution in [0.3, 0.4) is 0 Å². The van der Waals surface area contributed by atoms with Gasteiger partial charge in [-0.05, 0) is 43.4 Å². The Morgan fingerprint density at radius 2 is 2.00 bits per heavy atom. The summed E-state index contributed by atoms with van der Waals surface area (Å²) in [4.78, 5) is 0. The maximum Gasteiger partial charge on any atom is -0.00271 e. The second kappa shape index (κ2) is 6.69. The van der Waals surface area contributed by atoms with Gasteiger partial charge >= 0.3 is 0 Å². The van der Waals surface area contributed by atoms with Crippen LogP contribution >= 0.6 is 0 Å². The fourth-order valence-electron chi connectivity index (χ4n) is 1.76. The van der Waals surface area contributed by atoms with Gasteiger partial charge in [-0.1, -0.05) is 39.3 Å². The first-order valence-corrected chi connectivity index (χ1v) is 5.57. The number of nitrogens with two attached hydrogens (primary N) is 1. The summed E-state index contributed by atoms with van der Waals surface area (Å²) in [6.07, 6.45) is 5.30. The fraction of sp³-hybridized carbons (Fsp3) is 0.692. The van der Waals surface area contributed by atoms with Crippen LogP contribution in [0.5, 0.6) is 0 Å². The summed E-state index contributed by atoms with van der Waals surface area (Å²) in [7, 11) is 0. The lowest BCUT2D eigenvalue weighted by molar-refractivity contribution is 0.397. The average molecular weight is 195 g/mol. The maximum absolute atomic E-state index is 5.58. The van der Waals surface area contributed by atoms with Gasteiger partial charge in [0.25, 0.3) is 0 Å². The first-order valence-electron chi connectivity index (χ1n) is 5.57. The Labute approximate surface area is 89.1 Å². The highest BCUT2D eigenvalue weighted by Crippen LogP contribution is 2.25. The van der Waals surface area contributed by atoms with Crippen LogP contribution in [-0.2, 0) is 0 Å². The Hall–Kier alpha value is -0.720. The normalized spacial score (nSPS) is 14.5. The summed E-state index contributed by atoms with van der Waals surface area (Å²) in [6.45, 7) is 12.8. The number of hydrogen-bond acceptors (Lipinski definition) is 1. The second-order valence-electron chi connectivity index (χ2n) is 4.58. The minimum atomic E-state index is 0.751. The molecule has 0 aliphatic rings. The highest BCUT2D eigenvalue weighted by atomic mass is 14.5. The van der Waals surface area contributed by atoms with E-state index in [1.54, 1.807) is 6.20 Å². The molecule has 0 radical (unpaired) electrons. The van der Waals surface area contributed by atoms with Crippen molar-refractivity contribution < 1.29 is 0 Å². The summed E-state index contributed by atoms with van der Waals surface area (Å²) in [5.74, 6) is 1.52. The van der Waals surface area contributed by atoms with Crippen molar-refractivity contribution in [1.82, 2.24) is 0 Å². The van der Waals surface area contributed by atoms with Crippen LogP contribution < -0.4 is 5.73 Å². The van der Waals surface area contributed by atoms with Gasteiger partial charge in [0.1, 0.15) is 0 Å². The van der Waals surface area contributed by atoms with Crippen molar-refractivity contribution in [2.24, 2.45) is 17.6 Å². The van der Waals surface area contributed by atoms with Crippen molar-refractivity contribution in [3.8, 4) is 0 Å². The fourth-order valence-corrected chi connectivity index (χ4v) is 1.76. The molecule has 1 unspecified atom stereocenters. The third kappa shape index (κ3) is 5.11. The first kappa shape index (κ1) is 13.3. The molecular formula is C13H25N. The molecule has 1 nitrogen and oxygen atoms in total. The highest BCUT2D eigenvalue weighted by Gasteiger charge is 2.11. The zero-order valence-corrected chi connectivity index (χ0v) is 10.1. The molecule has 0 aliphatic heterocycles. The van der Waals surface area contributed by atoms with Crippen LogP contribution in [0.15, 0.2) is 23.9 Å². The van der Waals surface area contributed by atoms with E-state index in [-0.39, 0.29) is 0 Å². The minimum absolute atomic E-state index is 0.751. The lowest BCUT2D eigenvalue weighted by Gasteiger charge is -2.18. The van der Waals surface area contributed by atoms with Crippen molar-refractivity contribution in [3.05, 3.63) is 23.9 Å². The SMILES string of the molecule is C=C(C)/C(=C/N)CC(CC)CC(C)C. The van der Waals surface area contributed by atoms with Crippen molar-refractivity contribution >= 4 is 0 Å². The highest BCUT2D eigenvalue weighted by molar-refractivity contribution is 5.25. The van der Waals surface area contributed by atoms with Gasteiger partial charge in [-0.3, -0.25) is 0 Å². The van der Waals surface area contributed by atoms with Crippen LogP contribution in [0.1, 0.15) is 47.0 Å². The quantitative estimate of drug-likeness (QED) is 0.640. The van der Waals surface area contributed by atoms with Crippen LogP contribution in [0, 0.1) is 11.8 Å². The van der Waals surface area contributed by atoms with Gasteiger partial charge in [0.2, 0.25) is 0 Å². The van der Waals surface area contributed by atoms with Gasteiger partial charge in [-0.2, -0.15) is 0 Å². The topological polar surface area (TPSA) is 26.0 Å². The van der Waals surface area contributed by atoms with Crippen LogP contribution in [0.25, 0.3) is 0 Å². The zero-order valence-electron chi connectivity index (χ0n) is 10.1. The molecule has 2 N–H and O–H groups in total. The predicted octanol–water partition coefficient (Wildman–Crippen LogP) is 3.87. The summed E-state index contributed by atoms with van der Waals surface area (Å²) in [6, 6.07) is 0. The molecule has 0 aliphatic carbocycles. The van der Waals surface area contributed by atoms with Gasteiger partial charge in [-0.15, -0.1) is 0 Å².